The van der Waals surface area contributed by atoms with Crippen molar-refractivity contribution in [3.8, 4) is 44.9 Å². The molecule has 0 saturated heterocycles. The summed E-state index contributed by atoms with van der Waals surface area (Å²) >= 11 is 0. The van der Waals surface area contributed by atoms with Crippen molar-refractivity contribution in [2.75, 3.05) is 0 Å². The number of para-hydroxylation sites is 4. The van der Waals surface area contributed by atoms with E-state index in [1.807, 2.05) is 44.2 Å². The lowest BCUT2D eigenvalue weighted by Gasteiger charge is -2.23. The Morgan fingerprint density at radius 2 is 0.747 bits per heavy atom. The molecule has 4 heterocycles. The molecule has 0 bridgehead atoms. The first kappa shape index (κ1) is 60.5. The lowest BCUT2D eigenvalue weighted by Crippen LogP contribution is -2.19. The van der Waals surface area contributed by atoms with E-state index in [4.69, 9.17) is 4.99 Å². The number of benzene rings is 11. The zero-order valence-corrected chi connectivity index (χ0v) is 55.8. The van der Waals surface area contributed by atoms with Gasteiger partial charge in [-0.15, -0.1) is 0 Å². The van der Waals surface area contributed by atoms with Gasteiger partial charge in [0.1, 0.15) is 5.82 Å². The highest BCUT2D eigenvalue weighted by atomic mass is 19.2. The summed E-state index contributed by atoms with van der Waals surface area (Å²) in [6.45, 7) is 25.1. The Labute approximate surface area is 554 Å². The number of hydrogen-bond acceptors (Lipinski definition) is 1. The van der Waals surface area contributed by atoms with Crippen LogP contribution in [0.3, 0.4) is 0 Å². The molecule has 464 valence electrons. The topological polar surface area (TPSA) is 27.1 Å². The molecule has 95 heavy (non-hydrogen) atoms. The van der Waals surface area contributed by atoms with Gasteiger partial charge in [-0.2, -0.15) is 0 Å². The Bertz CT molecular complexity index is 5560. The summed E-state index contributed by atoms with van der Waals surface area (Å²) in [4.78, 5) is 6.15. The standard InChI is InChI=1S/C87H72BF3N4/c1-49-39-53(5)75(54(6)40-49)82-79(61-35-37-67-65-29-20-23-33-71(65)93(73(67)47-61)63-25-15-13-16-26-63)84(77-57(9)43-51(3)44-58(77)10)92-85(82)81(69-31-19-22-32-70(69)89)87-83(76-55(7)41-50(2)42-56(76)8)80(86(95(87)88(90)91)78-59(11)45-52(4)46-60(78)12)62-36-38-68-66-30-21-24-34-72(66)94(74(68)48-62)64-27-17-14-18-28-64/h13-48H,1-12H3/b85-81-. The molecule has 0 radical (unpaired) electrons. The molecule has 3 aromatic heterocycles. The zero-order valence-electron chi connectivity index (χ0n) is 55.8. The van der Waals surface area contributed by atoms with Gasteiger partial charge in [-0.25, -0.2) is 9.38 Å². The molecule has 4 nitrogen and oxygen atoms in total. The SMILES string of the molecule is Cc1cc(C)c(C2=N/C(=C(/c3ccccc3F)c3c(-c4c(C)cc(C)cc4C)c(-c4ccc5c6ccccc6n(-c6ccccc6)c5c4)c(-c4c(C)cc(C)cc4C)n3B(F)F)C(c3c(C)cc(C)cc3C)=C2c2ccc3c4ccccc4n(-c4ccccc4)c3c2)c(C)c1. The summed E-state index contributed by atoms with van der Waals surface area (Å²) in [7, 11) is -3.18. The predicted molar refractivity (Wildman–Crippen MR) is 395 cm³/mol. The normalized spacial score (nSPS) is 13.1. The van der Waals surface area contributed by atoms with Crippen LogP contribution in [0.15, 0.2) is 229 Å². The molecule has 0 spiro atoms. The minimum absolute atomic E-state index is 0.141. The third-order valence-electron chi connectivity index (χ3n) is 19.6. The average Bonchev–Trinajstić information content (AvgIpc) is 1.56. The van der Waals surface area contributed by atoms with Crippen molar-refractivity contribution < 1.29 is 13.0 Å². The second-order valence-corrected chi connectivity index (χ2v) is 26.4. The van der Waals surface area contributed by atoms with E-state index in [-0.39, 0.29) is 16.8 Å². The van der Waals surface area contributed by atoms with Crippen molar-refractivity contribution in [1.82, 2.24) is 13.6 Å². The molecule has 1 aliphatic heterocycles. The van der Waals surface area contributed by atoms with Crippen LogP contribution < -0.4 is 0 Å². The molecule has 14 aromatic rings. The predicted octanol–water partition coefficient (Wildman–Crippen LogP) is 23.2. The van der Waals surface area contributed by atoms with Crippen molar-refractivity contribution in [2.45, 2.75) is 83.1 Å². The largest absolute Gasteiger partial charge is 0.678 e. The fraction of sp³-hybridized carbons (Fsp3) is 0.138. The number of halogens is 3. The van der Waals surface area contributed by atoms with Gasteiger partial charge in [-0.05, 0) is 204 Å². The molecular weight excluding hydrogens is 1170 g/mol. The molecule has 0 fully saturated rings. The number of aromatic nitrogens is 3. The minimum Gasteiger partial charge on any atom is -0.324 e. The molecule has 11 aromatic carbocycles. The van der Waals surface area contributed by atoms with E-state index in [2.05, 4.69) is 248 Å². The third-order valence-corrected chi connectivity index (χ3v) is 19.6. The lowest BCUT2D eigenvalue weighted by atomic mass is 9.81. The van der Waals surface area contributed by atoms with Crippen LogP contribution >= 0.6 is 0 Å². The molecular formula is C87H72BF3N4. The quantitative estimate of drug-likeness (QED) is 0.115. The number of aliphatic imine (C=N–C) groups is 1. The number of aryl methyl sites for hydroxylation is 12. The average molecular weight is 1240 g/mol. The second-order valence-electron chi connectivity index (χ2n) is 26.4. The summed E-state index contributed by atoms with van der Waals surface area (Å²) < 4.78 is 61.6. The highest BCUT2D eigenvalue weighted by Gasteiger charge is 2.42. The zero-order chi connectivity index (χ0) is 66.0. The van der Waals surface area contributed by atoms with E-state index in [0.29, 0.717) is 33.8 Å². The Kier molecular flexibility index (Phi) is 14.9. The van der Waals surface area contributed by atoms with Crippen LogP contribution in [-0.4, -0.2) is 26.7 Å². The van der Waals surface area contributed by atoms with Crippen molar-refractivity contribution in [3.05, 3.63) is 325 Å². The minimum atomic E-state index is -3.18. The first-order valence-corrected chi connectivity index (χ1v) is 32.8. The number of nitrogens with zero attached hydrogens (tertiary/aromatic N) is 4. The number of fused-ring (bicyclic) bond motifs is 6. The van der Waals surface area contributed by atoms with E-state index in [9.17, 15) is 0 Å². The van der Waals surface area contributed by atoms with Crippen molar-refractivity contribution in [3.63, 3.8) is 0 Å². The number of hydrogen-bond donors (Lipinski definition) is 0. The lowest BCUT2D eigenvalue weighted by molar-refractivity contribution is 0.621. The van der Waals surface area contributed by atoms with Crippen LogP contribution in [0.2, 0.25) is 0 Å². The Hall–Kier alpha value is -10.7. The van der Waals surface area contributed by atoms with Gasteiger partial charge >= 0.3 is 7.40 Å². The first-order valence-electron chi connectivity index (χ1n) is 32.8. The van der Waals surface area contributed by atoms with Gasteiger partial charge in [0.25, 0.3) is 0 Å². The molecule has 8 heteroatoms. The number of allylic oxidation sites excluding steroid dienone is 2. The summed E-state index contributed by atoms with van der Waals surface area (Å²) in [5.74, 6) is -0.571. The third kappa shape index (κ3) is 9.86. The summed E-state index contributed by atoms with van der Waals surface area (Å²) in [5, 5.41) is 4.27. The Morgan fingerprint density at radius 1 is 0.347 bits per heavy atom. The van der Waals surface area contributed by atoms with Gasteiger partial charge in [0.2, 0.25) is 0 Å². The molecule has 0 saturated carbocycles. The fourth-order valence-electron chi connectivity index (χ4n) is 16.4. The van der Waals surface area contributed by atoms with Crippen molar-refractivity contribution in [1.29, 1.82) is 0 Å². The monoisotopic (exact) mass is 1240 g/mol. The summed E-state index contributed by atoms with van der Waals surface area (Å²) in [5.41, 5.74) is 27.1. The van der Waals surface area contributed by atoms with Crippen LogP contribution in [0.1, 0.15) is 94.7 Å². The van der Waals surface area contributed by atoms with Crippen LogP contribution in [0, 0.1) is 88.9 Å². The maximum Gasteiger partial charge on any atom is 0.678 e. The van der Waals surface area contributed by atoms with Gasteiger partial charge in [-0.1, -0.05) is 186 Å². The molecule has 1 aliphatic rings. The summed E-state index contributed by atoms with van der Waals surface area (Å²) in [6, 6.07) is 74.9. The first-order chi connectivity index (χ1) is 45.9. The van der Waals surface area contributed by atoms with Crippen LogP contribution in [0.25, 0.3) is 105 Å². The number of rotatable bonds is 11. The van der Waals surface area contributed by atoms with E-state index < -0.39 is 13.2 Å². The van der Waals surface area contributed by atoms with Crippen molar-refractivity contribution in [2.24, 2.45) is 4.99 Å². The Morgan fingerprint density at radius 3 is 1.23 bits per heavy atom. The maximum atomic E-state index is 18.6. The molecule has 0 atom stereocenters. The molecule has 0 amide bonds. The second kappa shape index (κ2) is 23.4. The van der Waals surface area contributed by atoms with Gasteiger partial charge in [0.15, 0.2) is 0 Å². The van der Waals surface area contributed by atoms with Gasteiger partial charge < -0.3 is 13.6 Å². The molecule has 0 N–H and O–H groups in total. The van der Waals surface area contributed by atoms with Crippen LogP contribution in [0.5, 0.6) is 0 Å². The fourth-order valence-corrected chi connectivity index (χ4v) is 16.4. The molecule has 0 aliphatic carbocycles. The van der Waals surface area contributed by atoms with E-state index in [1.165, 1.54) is 10.5 Å². The van der Waals surface area contributed by atoms with Crippen LogP contribution in [0.4, 0.5) is 13.0 Å². The van der Waals surface area contributed by atoms with E-state index in [1.54, 1.807) is 12.1 Å². The summed E-state index contributed by atoms with van der Waals surface area (Å²) in [6.07, 6.45) is 0. The van der Waals surface area contributed by atoms with E-state index in [0.717, 1.165) is 161 Å². The van der Waals surface area contributed by atoms with Gasteiger partial charge in [0, 0.05) is 83.2 Å². The van der Waals surface area contributed by atoms with Gasteiger partial charge in [0.05, 0.1) is 39.2 Å². The molecule has 0 unspecified atom stereocenters. The highest BCUT2D eigenvalue weighted by molar-refractivity contribution is 6.45. The van der Waals surface area contributed by atoms with Gasteiger partial charge in [-0.3, -0.25) is 8.63 Å². The smallest absolute Gasteiger partial charge is 0.324 e. The maximum absolute atomic E-state index is 18.6. The van der Waals surface area contributed by atoms with Crippen molar-refractivity contribution >= 4 is 73.4 Å². The Balaban J connectivity index is 1.21. The highest BCUT2D eigenvalue weighted by Crippen LogP contribution is 2.56. The molecule has 15 rings (SSSR count). The van der Waals surface area contributed by atoms with E-state index >= 15 is 13.0 Å². The van der Waals surface area contributed by atoms with Crippen LogP contribution in [-0.2, 0) is 0 Å².